The van der Waals surface area contributed by atoms with E-state index in [1.165, 1.54) is 12.1 Å². The van der Waals surface area contributed by atoms with Crippen LogP contribution < -0.4 is 10.6 Å². The average Bonchev–Trinajstić information content (AvgIpc) is 2.47. The normalized spacial score (nSPS) is 11.6. The van der Waals surface area contributed by atoms with Crippen LogP contribution in [0.5, 0.6) is 5.75 Å². The molecule has 6 heteroatoms. The summed E-state index contributed by atoms with van der Waals surface area (Å²) in [7, 11) is 0. The molecule has 0 spiro atoms. The lowest BCUT2D eigenvalue weighted by atomic mass is 10.2. The van der Waals surface area contributed by atoms with Crippen LogP contribution >= 0.6 is 0 Å². The monoisotopic (exact) mass is 324 g/mol. The molecule has 0 aromatic heterocycles. The second-order valence-electron chi connectivity index (χ2n) is 5.64. The quantitative estimate of drug-likeness (QED) is 0.738. The van der Waals surface area contributed by atoms with Gasteiger partial charge in [-0.15, -0.1) is 0 Å². The first-order valence-electron chi connectivity index (χ1n) is 7.80. The van der Waals surface area contributed by atoms with Crippen LogP contribution in [0.2, 0.25) is 0 Å². The summed E-state index contributed by atoms with van der Waals surface area (Å²) >= 11 is 0. The van der Waals surface area contributed by atoms with Crippen molar-refractivity contribution >= 4 is 17.7 Å². The molecular formula is C17H28N2O4. The number of carbonyl (C=O) groups is 2. The number of aromatic hydroxyl groups is 1. The zero-order valence-corrected chi connectivity index (χ0v) is 14.8. The number of carbonyl (C=O) groups excluding carboxylic acids is 2. The van der Waals surface area contributed by atoms with Gasteiger partial charge in [-0.3, -0.25) is 4.79 Å². The molecule has 0 fully saturated rings. The summed E-state index contributed by atoms with van der Waals surface area (Å²) in [4.78, 5) is 23.8. The maximum Gasteiger partial charge on any atom is 0.408 e. The number of anilines is 1. The molecule has 0 saturated carbocycles. The van der Waals surface area contributed by atoms with E-state index >= 15 is 0 Å². The minimum Gasteiger partial charge on any atom is -0.508 e. The smallest absolute Gasteiger partial charge is 0.408 e. The highest BCUT2D eigenvalue weighted by Gasteiger charge is 2.23. The van der Waals surface area contributed by atoms with Gasteiger partial charge in [-0.2, -0.15) is 0 Å². The average molecular weight is 324 g/mol. The van der Waals surface area contributed by atoms with E-state index in [1.54, 1.807) is 39.8 Å². The van der Waals surface area contributed by atoms with Crippen LogP contribution in [0.1, 0.15) is 48.0 Å². The largest absolute Gasteiger partial charge is 0.508 e. The molecule has 0 aliphatic heterocycles. The van der Waals surface area contributed by atoms with Crippen LogP contribution in [0.4, 0.5) is 10.5 Å². The molecule has 0 radical (unpaired) electrons. The summed E-state index contributed by atoms with van der Waals surface area (Å²) in [6.45, 7) is 11.1. The number of phenolic OH excluding ortho intramolecular Hbond substituents is 1. The standard InChI is InChI=1S/C15H22N2O4.C2H6/c1-5-12(17-14(20)21-15(2,3)4)13(19)16-10-6-8-11(18)9-7-10;1-2/h6-9,12,18H,5H2,1-4H3,(H,16,19)(H,17,20);1-2H3. The molecule has 1 atom stereocenters. The van der Waals surface area contributed by atoms with Gasteiger partial charge in [0.25, 0.3) is 0 Å². The Hall–Kier alpha value is -2.24. The molecular weight excluding hydrogens is 296 g/mol. The molecule has 0 bridgehead atoms. The van der Waals surface area contributed by atoms with Crippen molar-refractivity contribution in [1.82, 2.24) is 5.32 Å². The third-order valence-corrected chi connectivity index (χ3v) is 2.55. The van der Waals surface area contributed by atoms with E-state index in [1.807, 2.05) is 13.8 Å². The summed E-state index contributed by atoms with van der Waals surface area (Å²) in [5, 5.41) is 14.4. The van der Waals surface area contributed by atoms with Crippen molar-refractivity contribution < 1.29 is 19.4 Å². The van der Waals surface area contributed by atoms with Gasteiger partial charge in [0.15, 0.2) is 0 Å². The molecule has 0 heterocycles. The zero-order valence-electron chi connectivity index (χ0n) is 14.8. The van der Waals surface area contributed by atoms with Crippen LogP contribution in [-0.2, 0) is 9.53 Å². The molecule has 0 saturated heterocycles. The van der Waals surface area contributed by atoms with Gasteiger partial charge in [-0.25, -0.2) is 4.79 Å². The van der Waals surface area contributed by atoms with E-state index in [4.69, 9.17) is 4.74 Å². The first kappa shape index (κ1) is 20.8. The molecule has 3 N–H and O–H groups in total. The van der Waals surface area contributed by atoms with Gasteiger partial charge in [0.05, 0.1) is 0 Å². The van der Waals surface area contributed by atoms with Gasteiger partial charge in [0, 0.05) is 5.69 Å². The topological polar surface area (TPSA) is 87.7 Å². The van der Waals surface area contributed by atoms with Gasteiger partial charge in [0.2, 0.25) is 5.91 Å². The summed E-state index contributed by atoms with van der Waals surface area (Å²) < 4.78 is 5.12. The Balaban J connectivity index is 0.00000232. The van der Waals surface area contributed by atoms with Crippen molar-refractivity contribution in [2.45, 2.75) is 59.6 Å². The molecule has 23 heavy (non-hydrogen) atoms. The van der Waals surface area contributed by atoms with E-state index in [0.717, 1.165) is 0 Å². The first-order chi connectivity index (χ1) is 10.7. The molecule has 1 rings (SSSR count). The van der Waals surface area contributed by atoms with Crippen LogP contribution in [0, 0.1) is 0 Å². The number of amides is 2. The minimum atomic E-state index is -0.686. The summed E-state index contributed by atoms with van der Waals surface area (Å²) in [5.41, 5.74) is -0.0715. The van der Waals surface area contributed by atoms with Crippen LogP contribution in [0.3, 0.4) is 0 Å². The summed E-state index contributed by atoms with van der Waals surface area (Å²) in [5.74, 6) is -0.221. The third-order valence-electron chi connectivity index (χ3n) is 2.55. The molecule has 6 nitrogen and oxygen atoms in total. The van der Waals surface area contributed by atoms with Crippen LogP contribution in [0.25, 0.3) is 0 Å². The highest BCUT2D eigenvalue weighted by atomic mass is 16.6. The second-order valence-corrected chi connectivity index (χ2v) is 5.64. The Morgan fingerprint density at radius 1 is 1.17 bits per heavy atom. The Kier molecular flexibility index (Phi) is 8.77. The minimum absolute atomic E-state index is 0.118. The van der Waals surface area contributed by atoms with E-state index < -0.39 is 17.7 Å². The third kappa shape index (κ3) is 8.70. The second kappa shape index (κ2) is 9.71. The number of rotatable bonds is 4. The van der Waals surface area contributed by atoms with Crippen molar-refractivity contribution in [1.29, 1.82) is 0 Å². The fraction of sp³-hybridized carbons (Fsp3) is 0.529. The van der Waals surface area contributed by atoms with Gasteiger partial charge in [-0.1, -0.05) is 20.8 Å². The Labute approximate surface area is 138 Å². The lowest BCUT2D eigenvalue weighted by Crippen LogP contribution is -2.45. The number of alkyl carbamates (subject to hydrolysis) is 1. The number of benzene rings is 1. The van der Waals surface area contributed by atoms with E-state index in [0.29, 0.717) is 12.1 Å². The Morgan fingerprint density at radius 3 is 2.13 bits per heavy atom. The van der Waals surface area contributed by atoms with Crippen LogP contribution in [0.15, 0.2) is 24.3 Å². The van der Waals surface area contributed by atoms with Crippen molar-refractivity contribution in [3.63, 3.8) is 0 Å². The first-order valence-corrected chi connectivity index (χ1v) is 7.80. The van der Waals surface area contributed by atoms with Gasteiger partial charge >= 0.3 is 6.09 Å². The predicted octanol–water partition coefficient (Wildman–Crippen LogP) is 3.66. The SMILES string of the molecule is CC.CCC(NC(=O)OC(C)(C)C)C(=O)Nc1ccc(O)cc1. The fourth-order valence-electron chi connectivity index (χ4n) is 1.58. The van der Waals surface area contributed by atoms with Gasteiger partial charge < -0.3 is 20.5 Å². The highest BCUT2D eigenvalue weighted by Crippen LogP contribution is 2.14. The zero-order chi connectivity index (χ0) is 18.0. The number of hydrogen-bond donors (Lipinski definition) is 3. The highest BCUT2D eigenvalue weighted by molar-refractivity contribution is 5.96. The summed E-state index contributed by atoms with van der Waals surface area (Å²) in [6, 6.07) is 5.41. The molecule has 2 amide bonds. The maximum atomic E-state index is 12.1. The number of hydrogen-bond acceptors (Lipinski definition) is 4. The molecule has 1 unspecified atom stereocenters. The fourth-order valence-corrected chi connectivity index (χ4v) is 1.58. The van der Waals surface area contributed by atoms with E-state index in [9.17, 15) is 14.7 Å². The molecule has 130 valence electrons. The van der Waals surface area contributed by atoms with Crippen molar-refractivity contribution in [3.8, 4) is 5.75 Å². The van der Waals surface area contributed by atoms with E-state index in [2.05, 4.69) is 10.6 Å². The lowest BCUT2D eigenvalue weighted by molar-refractivity contribution is -0.118. The van der Waals surface area contributed by atoms with Crippen molar-refractivity contribution in [3.05, 3.63) is 24.3 Å². The van der Waals surface area contributed by atoms with E-state index in [-0.39, 0.29) is 11.7 Å². The molecule has 1 aromatic carbocycles. The maximum absolute atomic E-state index is 12.1. The van der Waals surface area contributed by atoms with Crippen molar-refractivity contribution in [2.24, 2.45) is 0 Å². The molecule has 0 aliphatic rings. The van der Waals surface area contributed by atoms with Crippen LogP contribution in [-0.4, -0.2) is 28.7 Å². The molecule has 1 aromatic rings. The number of phenols is 1. The molecule has 0 aliphatic carbocycles. The predicted molar refractivity (Wildman–Crippen MR) is 91.5 cm³/mol. The van der Waals surface area contributed by atoms with Gasteiger partial charge in [0.1, 0.15) is 17.4 Å². The van der Waals surface area contributed by atoms with Crippen molar-refractivity contribution in [2.75, 3.05) is 5.32 Å². The van der Waals surface area contributed by atoms with Gasteiger partial charge in [-0.05, 0) is 51.5 Å². The Bertz CT molecular complexity index is 492. The Morgan fingerprint density at radius 2 is 1.70 bits per heavy atom. The number of nitrogens with one attached hydrogen (secondary N) is 2. The lowest BCUT2D eigenvalue weighted by Gasteiger charge is -2.22. The summed E-state index contributed by atoms with van der Waals surface area (Å²) in [6.07, 6.45) is -0.196. The number of ether oxygens (including phenoxy) is 1.